The third kappa shape index (κ3) is 3.76. The minimum atomic E-state index is 0.870. The first kappa shape index (κ1) is 12.9. The number of benzene rings is 1. The van der Waals surface area contributed by atoms with Crippen LogP contribution in [0.25, 0.3) is 0 Å². The molecule has 0 radical (unpaired) electrons. The summed E-state index contributed by atoms with van der Waals surface area (Å²) in [6.07, 6.45) is 2.73. The molecule has 1 fully saturated rings. The second-order valence-electron chi connectivity index (χ2n) is 5.21. The summed E-state index contributed by atoms with van der Waals surface area (Å²) < 4.78 is 0. The fourth-order valence-electron chi connectivity index (χ4n) is 1.98. The summed E-state index contributed by atoms with van der Waals surface area (Å²) in [5.74, 6) is 1.86. The zero-order valence-electron chi connectivity index (χ0n) is 11.6. The van der Waals surface area contributed by atoms with Gasteiger partial charge in [-0.3, -0.25) is 4.99 Å². The number of guanidine groups is 1. The molecule has 1 N–H and O–H groups in total. The minimum Gasteiger partial charge on any atom is -0.356 e. The van der Waals surface area contributed by atoms with Crippen LogP contribution in [0.15, 0.2) is 29.3 Å². The van der Waals surface area contributed by atoms with Crippen molar-refractivity contribution in [2.24, 2.45) is 10.9 Å². The Balaban J connectivity index is 1.87. The maximum Gasteiger partial charge on any atom is 0.193 e. The average molecular weight is 245 g/mol. The summed E-state index contributed by atoms with van der Waals surface area (Å²) in [5.41, 5.74) is 2.62. The summed E-state index contributed by atoms with van der Waals surface area (Å²) in [5, 5.41) is 3.44. The van der Waals surface area contributed by atoms with Gasteiger partial charge in [0.05, 0.1) is 0 Å². The van der Waals surface area contributed by atoms with Crippen molar-refractivity contribution in [2.75, 3.05) is 20.6 Å². The van der Waals surface area contributed by atoms with Crippen LogP contribution in [-0.4, -0.2) is 31.5 Å². The van der Waals surface area contributed by atoms with E-state index >= 15 is 0 Å². The highest BCUT2D eigenvalue weighted by Gasteiger charge is 2.21. The highest BCUT2D eigenvalue weighted by atomic mass is 15.3. The molecule has 0 bridgehead atoms. The Bertz CT molecular complexity index is 404. The molecule has 3 nitrogen and oxygen atoms in total. The molecule has 18 heavy (non-hydrogen) atoms. The number of rotatable bonds is 4. The summed E-state index contributed by atoms with van der Waals surface area (Å²) in [6, 6.07) is 8.67. The lowest BCUT2D eigenvalue weighted by molar-refractivity contribution is 0.474. The Kier molecular flexibility index (Phi) is 4.24. The monoisotopic (exact) mass is 245 g/mol. The van der Waals surface area contributed by atoms with Crippen molar-refractivity contribution >= 4 is 5.96 Å². The van der Waals surface area contributed by atoms with E-state index in [2.05, 4.69) is 53.4 Å². The van der Waals surface area contributed by atoms with Crippen molar-refractivity contribution in [2.45, 2.75) is 26.3 Å². The molecule has 0 aliphatic heterocycles. The Labute approximate surface area is 110 Å². The largest absolute Gasteiger partial charge is 0.356 e. The summed E-state index contributed by atoms with van der Waals surface area (Å²) >= 11 is 0. The van der Waals surface area contributed by atoms with Gasteiger partial charge in [0.1, 0.15) is 0 Å². The van der Waals surface area contributed by atoms with Gasteiger partial charge in [-0.15, -0.1) is 0 Å². The van der Waals surface area contributed by atoms with Gasteiger partial charge in [0, 0.05) is 27.2 Å². The highest BCUT2D eigenvalue weighted by molar-refractivity contribution is 5.79. The predicted molar refractivity (Wildman–Crippen MR) is 76.7 cm³/mol. The van der Waals surface area contributed by atoms with Gasteiger partial charge in [-0.2, -0.15) is 0 Å². The lowest BCUT2D eigenvalue weighted by Gasteiger charge is -2.22. The quantitative estimate of drug-likeness (QED) is 0.651. The van der Waals surface area contributed by atoms with E-state index in [0.29, 0.717) is 0 Å². The fourth-order valence-corrected chi connectivity index (χ4v) is 1.98. The molecule has 1 aliphatic rings. The number of nitrogens with one attached hydrogen (secondary N) is 1. The van der Waals surface area contributed by atoms with Gasteiger partial charge in [-0.05, 0) is 31.2 Å². The zero-order valence-corrected chi connectivity index (χ0v) is 11.6. The SMILES string of the molecule is CN=C(NCC1CC1)N(C)Cc1ccc(C)cc1. The third-order valence-corrected chi connectivity index (χ3v) is 3.36. The molecule has 0 amide bonds. The molecular formula is C15H23N3. The van der Waals surface area contributed by atoms with Crippen LogP contribution in [0.2, 0.25) is 0 Å². The second kappa shape index (κ2) is 5.89. The number of nitrogens with zero attached hydrogens (tertiary/aromatic N) is 2. The molecule has 1 aromatic carbocycles. The summed E-state index contributed by atoms with van der Waals surface area (Å²) in [6.45, 7) is 4.07. The van der Waals surface area contributed by atoms with E-state index in [1.165, 1.54) is 24.0 Å². The van der Waals surface area contributed by atoms with Crippen LogP contribution in [0.3, 0.4) is 0 Å². The Morgan fingerprint density at radius 3 is 2.56 bits per heavy atom. The van der Waals surface area contributed by atoms with E-state index in [1.807, 2.05) is 7.05 Å². The van der Waals surface area contributed by atoms with Gasteiger partial charge >= 0.3 is 0 Å². The van der Waals surface area contributed by atoms with Crippen molar-refractivity contribution in [3.05, 3.63) is 35.4 Å². The van der Waals surface area contributed by atoms with Crippen LogP contribution >= 0.6 is 0 Å². The normalized spacial score (nSPS) is 15.6. The average Bonchev–Trinajstić information content (AvgIpc) is 3.17. The molecular weight excluding hydrogens is 222 g/mol. The van der Waals surface area contributed by atoms with Gasteiger partial charge in [-0.25, -0.2) is 0 Å². The van der Waals surface area contributed by atoms with Crippen LogP contribution in [0.4, 0.5) is 0 Å². The van der Waals surface area contributed by atoms with Crippen LogP contribution in [0.1, 0.15) is 24.0 Å². The molecule has 0 aromatic heterocycles. The topological polar surface area (TPSA) is 27.6 Å². The lowest BCUT2D eigenvalue weighted by atomic mass is 10.1. The first-order valence-corrected chi connectivity index (χ1v) is 6.66. The maximum atomic E-state index is 4.33. The number of aryl methyl sites for hydroxylation is 1. The van der Waals surface area contributed by atoms with Crippen molar-refractivity contribution in [1.82, 2.24) is 10.2 Å². The van der Waals surface area contributed by atoms with E-state index in [0.717, 1.165) is 25.0 Å². The molecule has 0 spiro atoms. The Hall–Kier alpha value is -1.51. The van der Waals surface area contributed by atoms with Crippen molar-refractivity contribution in [3.8, 4) is 0 Å². The van der Waals surface area contributed by atoms with Gasteiger partial charge in [0.25, 0.3) is 0 Å². The molecule has 1 aliphatic carbocycles. The first-order chi connectivity index (χ1) is 8.69. The van der Waals surface area contributed by atoms with Gasteiger partial charge in [0.15, 0.2) is 5.96 Å². The van der Waals surface area contributed by atoms with Crippen LogP contribution in [0.5, 0.6) is 0 Å². The van der Waals surface area contributed by atoms with E-state index in [1.54, 1.807) is 0 Å². The summed E-state index contributed by atoms with van der Waals surface area (Å²) in [7, 11) is 3.93. The van der Waals surface area contributed by atoms with E-state index in [9.17, 15) is 0 Å². The van der Waals surface area contributed by atoms with Gasteiger partial charge in [-0.1, -0.05) is 29.8 Å². The fraction of sp³-hybridized carbons (Fsp3) is 0.533. The first-order valence-electron chi connectivity index (χ1n) is 6.66. The van der Waals surface area contributed by atoms with E-state index in [4.69, 9.17) is 0 Å². The van der Waals surface area contributed by atoms with Crippen LogP contribution < -0.4 is 5.32 Å². The number of hydrogen-bond acceptors (Lipinski definition) is 1. The second-order valence-corrected chi connectivity index (χ2v) is 5.21. The van der Waals surface area contributed by atoms with Gasteiger partial charge < -0.3 is 10.2 Å². The molecule has 1 aromatic rings. The zero-order chi connectivity index (χ0) is 13.0. The third-order valence-electron chi connectivity index (χ3n) is 3.36. The van der Waals surface area contributed by atoms with Gasteiger partial charge in [0.2, 0.25) is 0 Å². The lowest BCUT2D eigenvalue weighted by Crippen LogP contribution is -2.39. The number of hydrogen-bond donors (Lipinski definition) is 1. The van der Waals surface area contributed by atoms with Crippen LogP contribution in [-0.2, 0) is 6.54 Å². The van der Waals surface area contributed by atoms with Crippen molar-refractivity contribution in [3.63, 3.8) is 0 Å². The Morgan fingerprint density at radius 1 is 1.33 bits per heavy atom. The maximum absolute atomic E-state index is 4.33. The predicted octanol–water partition coefficient (Wildman–Crippen LogP) is 2.41. The molecule has 0 heterocycles. The molecule has 0 unspecified atom stereocenters. The summed E-state index contributed by atoms with van der Waals surface area (Å²) in [4.78, 5) is 6.51. The molecule has 0 saturated heterocycles. The minimum absolute atomic E-state index is 0.870. The molecule has 98 valence electrons. The van der Waals surface area contributed by atoms with E-state index < -0.39 is 0 Å². The smallest absolute Gasteiger partial charge is 0.193 e. The standard InChI is InChI=1S/C15H23N3/c1-12-4-6-14(7-5-12)11-18(3)15(16-2)17-10-13-8-9-13/h4-7,13H,8-11H2,1-3H3,(H,16,17). The number of aliphatic imine (C=N–C) groups is 1. The highest BCUT2D eigenvalue weighted by Crippen LogP contribution is 2.27. The van der Waals surface area contributed by atoms with Crippen molar-refractivity contribution in [1.29, 1.82) is 0 Å². The van der Waals surface area contributed by atoms with Crippen molar-refractivity contribution < 1.29 is 0 Å². The molecule has 2 rings (SSSR count). The molecule has 0 atom stereocenters. The molecule has 1 saturated carbocycles. The Morgan fingerprint density at radius 2 is 2.00 bits per heavy atom. The van der Waals surface area contributed by atoms with Crippen LogP contribution in [0, 0.1) is 12.8 Å². The van der Waals surface area contributed by atoms with E-state index in [-0.39, 0.29) is 0 Å². The molecule has 3 heteroatoms.